The van der Waals surface area contributed by atoms with Gasteiger partial charge in [0.25, 0.3) is 5.56 Å². The SMILES string of the molecule is CCc1cc(=O)n(CC(=O)Nc2ccc(F)cc2C)c(N)n1. The van der Waals surface area contributed by atoms with Crippen molar-refractivity contribution in [1.82, 2.24) is 9.55 Å². The van der Waals surface area contributed by atoms with Gasteiger partial charge in [0, 0.05) is 17.4 Å². The molecule has 0 unspecified atom stereocenters. The van der Waals surface area contributed by atoms with Crippen LogP contribution in [-0.4, -0.2) is 15.5 Å². The van der Waals surface area contributed by atoms with Gasteiger partial charge in [-0.15, -0.1) is 0 Å². The average molecular weight is 304 g/mol. The van der Waals surface area contributed by atoms with Gasteiger partial charge in [0.1, 0.15) is 12.4 Å². The van der Waals surface area contributed by atoms with Crippen LogP contribution >= 0.6 is 0 Å². The Kier molecular flexibility index (Phi) is 4.55. The number of halogens is 1. The van der Waals surface area contributed by atoms with Crippen LogP contribution in [0.2, 0.25) is 0 Å². The fraction of sp³-hybridized carbons (Fsp3) is 0.267. The summed E-state index contributed by atoms with van der Waals surface area (Å²) < 4.78 is 14.1. The van der Waals surface area contributed by atoms with Crippen LogP contribution in [0, 0.1) is 12.7 Å². The Bertz CT molecular complexity index is 771. The minimum Gasteiger partial charge on any atom is -0.369 e. The molecule has 0 saturated carbocycles. The van der Waals surface area contributed by atoms with Gasteiger partial charge in [-0.05, 0) is 37.1 Å². The lowest BCUT2D eigenvalue weighted by Crippen LogP contribution is -2.30. The van der Waals surface area contributed by atoms with Gasteiger partial charge in [-0.1, -0.05) is 6.92 Å². The van der Waals surface area contributed by atoms with Crippen LogP contribution in [-0.2, 0) is 17.8 Å². The van der Waals surface area contributed by atoms with E-state index in [4.69, 9.17) is 5.73 Å². The molecule has 1 heterocycles. The molecule has 0 atom stereocenters. The maximum Gasteiger partial charge on any atom is 0.255 e. The molecule has 2 aromatic rings. The molecular weight excluding hydrogens is 287 g/mol. The Labute approximate surface area is 126 Å². The first-order valence-electron chi connectivity index (χ1n) is 6.83. The molecule has 0 bridgehead atoms. The van der Waals surface area contributed by atoms with Gasteiger partial charge in [-0.3, -0.25) is 14.2 Å². The van der Waals surface area contributed by atoms with Crippen molar-refractivity contribution in [2.45, 2.75) is 26.8 Å². The van der Waals surface area contributed by atoms with Crippen molar-refractivity contribution < 1.29 is 9.18 Å². The molecule has 0 saturated heterocycles. The number of nitrogen functional groups attached to an aromatic ring is 1. The van der Waals surface area contributed by atoms with Crippen LogP contribution in [0.25, 0.3) is 0 Å². The third-order valence-electron chi connectivity index (χ3n) is 3.22. The maximum absolute atomic E-state index is 13.0. The van der Waals surface area contributed by atoms with Crippen LogP contribution in [0.3, 0.4) is 0 Å². The molecule has 6 nitrogen and oxygen atoms in total. The largest absolute Gasteiger partial charge is 0.369 e. The quantitative estimate of drug-likeness (QED) is 0.895. The molecule has 0 aliphatic rings. The van der Waals surface area contributed by atoms with Gasteiger partial charge in [-0.25, -0.2) is 9.37 Å². The number of hydrogen-bond acceptors (Lipinski definition) is 4. The highest BCUT2D eigenvalue weighted by Crippen LogP contribution is 2.15. The van der Waals surface area contributed by atoms with Crippen LogP contribution in [0.1, 0.15) is 18.2 Å². The molecule has 1 aromatic carbocycles. The van der Waals surface area contributed by atoms with Crippen molar-refractivity contribution in [2.24, 2.45) is 0 Å². The summed E-state index contributed by atoms with van der Waals surface area (Å²) in [6.07, 6.45) is 0.585. The van der Waals surface area contributed by atoms with E-state index in [-0.39, 0.29) is 23.9 Å². The van der Waals surface area contributed by atoms with Gasteiger partial charge >= 0.3 is 0 Å². The molecule has 1 aromatic heterocycles. The molecule has 0 radical (unpaired) electrons. The number of hydrogen-bond donors (Lipinski definition) is 2. The second-order valence-electron chi connectivity index (χ2n) is 4.89. The summed E-state index contributed by atoms with van der Waals surface area (Å²) in [5, 5.41) is 2.62. The normalized spacial score (nSPS) is 10.5. The molecule has 116 valence electrons. The zero-order valence-corrected chi connectivity index (χ0v) is 12.4. The summed E-state index contributed by atoms with van der Waals surface area (Å²) in [5.74, 6) is -0.819. The lowest BCUT2D eigenvalue weighted by Gasteiger charge is -2.11. The first-order chi connectivity index (χ1) is 10.4. The number of nitrogens with zero attached hydrogens (tertiary/aromatic N) is 2. The Morgan fingerprint density at radius 2 is 2.14 bits per heavy atom. The van der Waals surface area contributed by atoms with Crippen LogP contribution < -0.4 is 16.6 Å². The Hall–Kier alpha value is -2.70. The van der Waals surface area contributed by atoms with E-state index in [0.29, 0.717) is 23.4 Å². The number of nitrogens with two attached hydrogens (primary N) is 1. The van der Waals surface area contributed by atoms with E-state index in [0.717, 1.165) is 4.57 Å². The molecule has 0 fully saturated rings. The third-order valence-corrected chi connectivity index (χ3v) is 3.22. The van der Waals surface area contributed by atoms with E-state index in [1.165, 1.54) is 24.3 Å². The Morgan fingerprint density at radius 1 is 1.41 bits per heavy atom. The molecule has 22 heavy (non-hydrogen) atoms. The van der Waals surface area contributed by atoms with E-state index in [2.05, 4.69) is 10.3 Å². The summed E-state index contributed by atoms with van der Waals surface area (Å²) in [6.45, 7) is 3.28. The van der Waals surface area contributed by atoms with Crippen molar-refractivity contribution in [3.05, 3.63) is 51.7 Å². The molecule has 1 amide bonds. The molecular formula is C15H17FN4O2. The van der Waals surface area contributed by atoms with Crippen LogP contribution in [0.4, 0.5) is 16.0 Å². The van der Waals surface area contributed by atoms with E-state index in [9.17, 15) is 14.0 Å². The van der Waals surface area contributed by atoms with Crippen molar-refractivity contribution in [2.75, 3.05) is 11.1 Å². The number of carbonyl (C=O) groups excluding carboxylic acids is 1. The second kappa shape index (κ2) is 6.38. The number of anilines is 2. The number of amides is 1. The van der Waals surface area contributed by atoms with E-state index < -0.39 is 5.91 Å². The van der Waals surface area contributed by atoms with Crippen molar-refractivity contribution in [1.29, 1.82) is 0 Å². The van der Waals surface area contributed by atoms with E-state index in [1.54, 1.807) is 6.92 Å². The third kappa shape index (κ3) is 3.49. The number of aromatic nitrogens is 2. The first kappa shape index (κ1) is 15.7. The lowest BCUT2D eigenvalue weighted by atomic mass is 10.2. The zero-order valence-electron chi connectivity index (χ0n) is 12.4. The van der Waals surface area contributed by atoms with E-state index in [1.807, 2.05) is 6.92 Å². The first-order valence-corrected chi connectivity index (χ1v) is 6.83. The van der Waals surface area contributed by atoms with Gasteiger partial charge in [0.15, 0.2) is 0 Å². The zero-order chi connectivity index (χ0) is 16.3. The molecule has 0 aliphatic carbocycles. The number of aryl methyl sites for hydroxylation is 2. The average Bonchev–Trinajstić information content (AvgIpc) is 2.45. The number of benzene rings is 1. The Morgan fingerprint density at radius 3 is 2.73 bits per heavy atom. The van der Waals surface area contributed by atoms with Crippen molar-refractivity contribution in [3.8, 4) is 0 Å². The van der Waals surface area contributed by atoms with Gasteiger partial charge in [-0.2, -0.15) is 0 Å². The summed E-state index contributed by atoms with van der Waals surface area (Å²) in [6, 6.07) is 5.38. The summed E-state index contributed by atoms with van der Waals surface area (Å²) >= 11 is 0. The lowest BCUT2D eigenvalue weighted by molar-refractivity contribution is -0.116. The highest BCUT2D eigenvalue weighted by Gasteiger charge is 2.11. The molecule has 3 N–H and O–H groups in total. The fourth-order valence-corrected chi connectivity index (χ4v) is 2.01. The topological polar surface area (TPSA) is 90.0 Å². The van der Waals surface area contributed by atoms with Crippen molar-refractivity contribution >= 4 is 17.5 Å². The highest BCUT2D eigenvalue weighted by atomic mass is 19.1. The maximum atomic E-state index is 13.0. The summed E-state index contributed by atoms with van der Waals surface area (Å²) in [4.78, 5) is 28.0. The van der Waals surface area contributed by atoms with Crippen LogP contribution in [0.5, 0.6) is 0 Å². The van der Waals surface area contributed by atoms with Crippen molar-refractivity contribution in [3.63, 3.8) is 0 Å². The molecule has 0 aliphatic heterocycles. The summed E-state index contributed by atoms with van der Waals surface area (Å²) in [7, 11) is 0. The minimum absolute atomic E-state index is 0.00433. The summed E-state index contributed by atoms with van der Waals surface area (Å²) in [5.41, 5.74) is 6.98. The number of carbonyl (C=O) groups is 1. The predicted molar refractivity (Wildman–Crippen MR) is 82.1 cm³/mol. The number of rotatable bonds is 4. The fourth-order valence-electron chi connectivity index (χ4n) is 2.01. The molecule has 0 spiro atoms. The number of nitrogens with one attached hydrogen (secondary N) is 1. The molecule has 7 heteroatoms. The van der Waals surface area contributed by atoms with E-state index >= 15 is 0 Å². The standard InChI is InChI=1S/C15H17FN4O2/c1-3-11-7-14(22)20(15(17)18-11)8-13(21)19-12-5-4-10(16)6-9(12)2/h4-7H,3,8H2,1-2H3,(H2,17,18)(H,19,21). The Balaban J connectivity index is 2.17. The predicted octanol–water partition coefficient (Wildman–Crippen LogP) is 1.47. The van der Waals surface area contributed by atoms with Gasteiger partial charge in [0.2, 0.25) is 11.9 Å². The van der Waals surface area contributed by atoms with Crippen LogP contribution in [0.15, 0.2) is 29.1 Å². The van der Waals surface area contributed by atoms with Gasteiger partial charge < -0.3 is 11.1 Å². The molecule has 2 rings (SSSR count). The smallest absolute Gasteiger partial charge is 0.255 e. The van der Waals surface area contributed by atoms with Gasteiger partial charge in [0.05, 0.1) is 0 Å². The monoisotopic (exact) mass is 304 g/mol. The second-order valence-corrected chi connectivity index (χ2v) is 4.89. The minimum atomic E-state index is -0.436. The highest BCUT2D eigenvalue weighted by molar-refractivity contribution is 5.91.